The maximum Gasteiger partial charge on any atom is 0.244 e. The second-order valence-corrected chi connectivity index (χ2v) is 8.98. The lowest BCUT2D eigenvalue weighted by molar-refractivity contribution is -0.133. The number of piperazine rings is 1. The average Bonchev–Trinajstić information content (AvgIpc) is 3.09. The Morgan fingerprint density at radius 3 is 2.39 bits per heavy atom. The lowest BCUT2D eigenvalue weighted by Crippen LogP contribution is -2.49. The van der Waals surface area contributed by atoms with Gasteiger partial charge in [0.15, 0.2) is 0 Å². The van der Waals surface area contributed by atoms with E-state index in [4.69, 9.17) is 5.10 Å². The average molecular weight is 449 g/mol. The van der Waals surface area contributed by atoms with E-state index >= 15 is 0 Å². The number of nitrogens with zero attached hydrogens (tertiary/aromatic N) is 4. The summed E-state index contributed by atoms with van der Waals surface area (Å²) in [6, 6.07) is 5.66. The van der Waals surface area contributed by atoms with Crippen LogP contribution in [-0.2, 0) is 17.8 Å². The van der Waals surface area contributed by atoms with Crippen LogP contribution in [0.5, 0.6) is 0 Å². The molecule has 2 aliphatic rings. The van der Waals surface area contributed by atoms with E-state index in [1.165, 1.54) is 11.3 Å². The first-order valence-corrected chi connectivity index (χ1v) is 11.8. The zero-order chi connectivity index (χ0) is 23.5. The number of aromatic nitrogens is 2. The number of amides is 1. The van der Waals surface area contributed by atoms with Crippen molar-refractivity contribution in [3.8, 4) is 11.3 Å². The maximum atomic E-state index is 14.1. The standard InChI is InChI=1S/C27H33FN4O/c1-5-23-17-24(22-15-20(3)27(28)21(4)16-22)29-32(23)18-26(33)31-13-11-30(12-14-31)25-10-8-6-7-9-19(25)2/h6-8,10,15-17H,5,9,11-14,18H2,1-4H3. The highest BCUT2D eigenvalue weighted by atomic mass is 19.1. The van der Waals surface area contributed by atoms with Gasteiger partial charge in [-0.2, -0.15) is 5.10 Å². The minimum atomic E-state index is -0.176. The molecule has 5 nitrogen and oxygen atoms in total. The molecule has 174 valence electrons. The topological polar surface area (TPSA) is 41.4 Å². The van der Waals surface area contributed by atoms with Gasteiger partial charge in [0.2, 0.25) is 5.91 Å². The molecule has 1 amide bonds. The lowest BCUT2D eigenvalue weighted by atomic mass is 10.0. The Hall–Kier alpha value is -3.15. The van der Waals surface area contributed by atoms with Crippen LogP contribution in [0.25, 0.3) is 11.3 Å². The van der Waals surface area contributed by atoms with Gasteiger partial charge in [0, 0.05) is 43.1 Å². The minimum absolute atomic E-state index is 0.0919. The molecule has 4 rings (SSSR count). The predicted octanol–water partition coefficient (Wildman–Crippen LogP) is 4.80. The van der Waals surface area contributed by atoms with Gasteiger partial charge in [0.1, 0.15) is 12.4 Å². The largest absolute Gasteiger partial charge is 0.368 e. The van der Waals surface area contributed by atoms with Crippen LogP contribution in [0.3, 0.4) is 0 Å². The Bertz CT molecular complexity index is 1110. The van der Waals surface area contributed by atoms with Gasteiger partial charge in [-0.3, -0.25) is 9.48 Å². The highest BCUT2D eigenvalue weighted by molar-refractivity contribution is 5.76. The molecule has 1 aliphatic heterocycles. The molecule has 0 spiro atoms. The molecule has 0 atom stereocenters. The number of hydrogen-bond donors (Lipinski definition) is 0. The van der Waals surface area contributed by atoms with Crippen molar-refractivity contribution in [3.05, 3.63) is 76.4 Å². The van der Waals surface area contributed by atoms with E-state index in [1.54, 1.807) is 13.8 Å². The highest BCUT2D eigenvalue weighted by Gasteiger charge is 2.24. The Morgan fingerprint density at radius 2 is 1.73 bits per heavy atom. The molecule has 1 aromatic carbocycles. The predicted molar refractivity (Wildman–Crippen MR) is 130 cm³/mol. The van der Waals surface area contributed by atoms with Crippen LogP contribution in [0.1, 0.15) is 37.1 Å². The van der Waals surface area contributed by atoms with Gasteiger partial charge in [-0.05, 0) is 74.6 Å². The fourth-order valence-corrected chi connectivity index (χ4v) is 4.63. The molecule has 6 heteroatoms. The lowest BCUT2D eigenvalue weighted by Gasteiger charge is -2.37. The van der Waals surface area contributed by atoms with E-state index in [0.29, 0.717) is 24.2 Å². The number of aryl methyl sites for hydroxylation is 3. The number of halogens is 1. The van der Waals surface area contributed by atoms with Gasteiger partial charge in [0.05, 0.1) is 5.69 Å². The fraction of sp³-hybridized carbons (Fsp3) is 0.407. The smallest absolute Gasteiger partial charge is 0.244 e. The Morgan fingerprint density at radius 1 is 1.03 bits per heavy atom. The summed E-state index contributed by atoms with van der Waals surface area (Å²) in [7, 11) is 0. The van der Waals surface area contributed by atoms with Gasteiger partial charge in [-0.25, -0.2) is 4.39 Å². The number of hydrogen-bond acceptors (Lipinski definition) is 3. The van der Waals surface area contributed by atoms with Crippen LogP contribution in [0.2, 0.25) is 0 Å². The van der Waals surface area contributed by atoms with Crippen LogP contribution in [-0.4, -0.2) is 51.7 Å². The van der Waals surface area contributed by atoms with Gasteiger partial charge < -0.3 is 9.80 Å². The van der Waals surface area contributed by atoms with E-state index in [9.17, 15) is 9.18 Å². The number of carbonyl (C=O) groups is 1. The third-order valence-corrected chi connectivity index (χ3v) is 6.58. The highest BCUT2D eigenvalue weighted by Crippen LogP contribution is 2.25. The monoisotopic (exact) mass is 448 g/mol. The Kier molecular flexibility index (Phi) is 6.82. The first-order chi connectivity index (χ1) is 15.9. The first-order valence-electron chi connectivity index (χ1n) is 11.8. The maximum absolute atomic E-state index is 14.1. The molecular weight excluding hydrogens is 415 g/mol. The third kappa shape index (κ3) is 4.95. The van der Waals surface area contributed by atoms with E-state index in [0.717, 1.165) is 42.9 Å². The van der Waals surface area contributed by atoms with Crippen molar-refractivity contribution < 1.29 is 9.18 Å². The summed E-state index contributed by atoms with van der Waals surface area (Å²) in [6.07, 6.45) is 10.3. The minimum Gasteiger partial charge on any atom is -0.368 e. The molecule has 2 aromatic rings. The molecule has 0 unspecified atom stereocenters. The van der Waals surface area contributed by atoms with E-state index in [-0.39, 0.29) is 18.3 Å². The molecule has 0 radical (unpaired) electrons. The fourth-order valence-electron chi connectivity index (χ4n) is 4.63. The van der Waals surface area contributed by atoms with Crippen molar-refractivity contribution in [1.29, 1.82) is 0 Å². The molecule has 1 saturated heterocycles. The summed E-state index contributed by atoms with van der Waals surface area (Å²) in [5.74, 6) is -0.0842. The van der Waals surface area contributed by atoms with Crippen LogP contribution in [0.4, 0.5) is 4.39 Å². The number of rotatable bonds is 5. The Balaban J connectivity index is 1.44. The summed E-state index contributed by atoms with van der Waals surface area (Å²) >= 11 is 0. The quantitative estimate of drug-likeness (QED) is 0.660. The Labute approximate surface area is 195 Å². The molecular formula is C27H33FN4O. The van der Waals surface area contributed by atoms with Crippen molar-refractivity contribution in [2.45, 2.75) is 47.1 Å². The number of allylic oxidation sites excluding steroid dienone is 5. The van der Waals surface area contributed by atoms with E-state index in [1.807, 2.05) is 27.8 Å². The second kappa shape index (κ2) is 9.77. The summed E-state index contributed by atoms with van der Waals surface area (Å²) in [5, 5.41) is 4.72. The van der Waals surface area contributed by atoms with Gasteiger partial charge in [-0.15, -0.1) is 0 Å². The summed E-state index contributed by atoms with van der Waals surface area (Å²) in [6.45, 7) is 11.1. The van der Waals surface area contributed by atoms with Crippen molar-refractivity contribution in [2.75, 3.05) is 26.2 Å². The molecule has 1 aromatic heterocycles. The van der Waals surface area contributed by atoms with Crippen LogP contribution in [0, 0.1) is 19.7 Å². The van der Waals surface area contributed by atoms with Crippen LogP contribution < -0.4 is 0 Å². The van der Waals surface area contributed by atoms with E-state index in [2.05, 4.69) is 43.1 Å². The molecule has 0 N–H and O–H groups in total. The summed E-state index contributed by atoms with van der Waals surface area (Å²) in [4.78, 5) is 17.4. The molecule has 1 fully saturated rings. The van der Waals surface area contributed by atoms with Crippen molar-refractivity contribution >= 4 is 5.91 Å². The molecule has 2 heterocycles. The second-order valence-electron chi connectivity index (χ2n) is 8.98. The number of carbonyl (C=O) groups excluding carboxylic acids is 1. The molecule has 1 aliphatic carbocycles. The molecule has 33 heavy (non-hydrogen) atoms. The van der Waals surface area contributed by atoms with Crippen LogP contribution in [0.15, 0.2) is 53.8 Å². The summed E-state index contributed by atoms with van der Waals surface area (Å²) < 4.78 is 15.9. The molecule has 0 bridgehead atoms. The zero-order valence-corrected chi connectivity index (χ0v) is 20.1. The third-order valence-electron chi connectivity index (χ3n) is 6.58. The van der Waals surface area contributed by atoms with Crippen molar-refractivity contribution in [2.24, 2.45) is 0 Å². The molecule has 0 saturated carbocycles. The van der Waals surface area contributed by atoms with Crippen LogP contribution >= 0.6 is 0 Å². The van der Waals surface area contributed by atoms with Crippen molar-refractivity contribution in [1.82, 2.24) is 19.6 Å². The summed E-state index contributed by atoms with van der Waals surface area (Å²) in [5.41, 5.74) is 6.54. The first kappa shape index (κ1) is 23.0. The van der Waals surface area contributed by atoms with Gasteiger partial charge in [0.25, 0.3) is 0 Å². The SMILES string of the molecule is CCc1cc(-c2cc(C)c(F)c(C)c2)nn1CC(=O)N1CCN(C2=C(C)CC=CC=C2)CC1. The van der Waals surface area contributed by atoms with E-state index < -0.39 is 0 Å². The van der Waals surface area contributed by atoms with Crippen molar-refractivity contribution in [3.63, 3.8) is 0 Å². The normalized spacial score (nSPS) is 16.5. The van der Waals surface area contributed by atoms with Gasteiger partial charge in [-0.1, -0.05) is 25.2 Å². The zero-order valence-electron chi connectivity index (χ0n) is 20.1. The number of benzene rings is 1. The van der Waals surface area contributed by atoms with Gasteiger partial charge >= 0.3 is 0 Å².